The summed E-state index contributed by atoms with van der Waals surface area (Å²) in [6.07, 6.45) is -3.02. The molecule has 10 heteroatoms. The second-order valence-corrected chi connectivity index (χ2v) is 9.90. The molecule has 0 N–H and O–H groups in total. The largest absolute Gasteiger partial charge is 0.446 e. The zero-order valence-corrected chi connectivity index (χ0v) is 21.0. The van der Waals surface area contributed by atoms with E-state index in [9.17, 15) is 22.8 Å². The fourth-order valence-electron chi connectivity index (χ4n) is 5.43. The van der Waals surface area contributed by atoms with Gasteiger partial charge in [0.15, 0.2) is 0 Å². The summed E-state index contributed by atoms with van der Waals surface area (Å²) >= 11 is 0. The number of benzene rings is 1. The summed E-state index contributed by atoms with van der Waals surface area (Å²) < 4.78 is 46.0. The molecule has 1 aliphatic carbocycles. The lowest BCUT2D eigenvalue weighted by Crippen LogP contribution is -2.43. The van der Waals surface area contributed by atoms with Crippen LogP contribution in [-0.2, 0) is 17.7 Å². The molecule has 1 aromatic carbocycles. The Kier molecular flexibility index (Phi) is 7.23. The van der Waals surface area contributed by atoms with Gasteiger partial charge in [-0.25, -0.2) is 9.78 Å². The Labute approximate surface area is 218 Å². The molecule has 38 heavy (non-hydrogen) atoms. The second kappa shape index (κ2) is 10.6. The van der Waals surface area contributed by atoms with Gasteiger partial charge in [0.2, 0.25) is 0 Å². The van der Waals surface area contributed by atoms with E-state index in [0.29, 0.717) is 29.2 Å². The van der Waals surface area contributed by atoms with Gasteiger partial charge in [-0.15, -0.1) is 0 Å². The summed E-state index contributed by atoms with van der Waals surface area (Å²) in [5, 5.41) is 0. The fourth-order valence-corrected chi connectivity index (χ4v) is 5.43. The lowest BCUT2D eigenvalue weighted by Gasteiger charge is -2.33. The number of pyridine rings is 1. The van der Waals surface area contributed by atoms with E-state index >= 15 is 0 Å². The number of carbonyl (C=O) groups excluding carboxylic acids is 1. The van der Waals surface area contributed by atoms with Crippen LogP contribution in [0.3, 0.4) is 0 Å². The predicted octanol–water partition coefficient (Wildman–Crippen LogP) is 5.20. The Morgan fingerprint density at radius 3 is 2.42 bits per heavy atom. The molecule has 3 heterocycles. The van der Waals surface area contributed by atoms with Gasteiger partial charge in [-0.2, -0.15) is 13.2 Å². The number of hydrogen-bond acceptors (Lipinski definition) is 5. The number of nitrogens with zero attached hydrogens (tertiary/aromatic N) is 4. The fraction of sp³-hybridized carbons (Fsp3) is 0.429. The normalized spacial score (nSPS) is 20.5. The first-order valence-corrected chi connectivity index (χ1v) is 12.8. The van der Waals surface area contributed by atoms with Crippen molar-refractivity contribution < 1.29 is 22.7 Å². The molecule has 7 nitrogen and oxygen atoms in total. The smallest absolute Gasteiger partial charge is 0.410 e. The molecular weight excluding hydrogens is 497 g/mol. The van der Waals surface area contributed by atoms with Crippen molar-refractivity contribution >= 4 is 6.09 Å². The lowest BCUT2D eigenvalue weighted by atomic mass is 9.87. The minimum atomic E-state index is -4.21. The molecule has 1 unspecified atom stereocenters. The van der Waals surface area contributed by atoms with Crippen molar-refractivity contribution in [3.8, 4) is 0 Å². The van der Waals surface area contributed by atoms with E-state index in [4.69, 9.17) is 9.72 Å². The molecule has 200 valence electrons. The summed E-state index contributed by atoms with van der Waals surface area (Å²) in [5.74, 6) is -0.839. The van der Waals surface area contributed by atoms with Gasteiger partial charge in [0.25, 0.3) is 5.56 Å². The summed E-state index contributed by atoms with van der Waals surface area (Å²) in [6, 6.07) is 14.8. The highest BCUT2D eigenvalue weighted by Crippen LogP contribution is 2.38. The Hall–Kier alpha value is -3.69. The summed E-state index contributed by atoms with van der Waals surface area (Å²) in [7, 11) is 0. The van der Waals surface area contributed by atoms with Gasteiger partial charge in [0.05, 0.1) is 23.9 Å². The molecule has 0 radical (unpaired) electrons. The van der Waals surface area contributed by atoms with Gasteiger partial charge in [-0.1, -0.05) is 36.4 Å². The van der Waals surface area contributed by atoms with Crippen molar-refractivity contribution in [2.75, 3.05) is 6.54 Å². The quantitative estimate of drug-likeness (QED) is 0.467. The minimum absolute atomic E-state index is 0.0383. The van der Waals surface area contributed by atoms with E-state index in [-0.39, 0.29) is 44.3 Å². The molecule has 2 aromatic heterocycles. The van der Waals surface area contributed by atoms with Gasteiger partial charge in [0, 0.05) is 18.3 Å². The Morgan fingerprint density at radius 2 is 1.76 bits per heavy atom. The van der Waals surface area contributed by atoms with Crippen LogP contribution in [0.15, 0.2) is 59.5 Å². The van der Waals surface area contributed by atoms with Crippen LogP contribution in [0.5, 0.6) is 0 Å². The maximum atomic E-state index is 13.8. The highest BCUT2D eigenvalue weighted by molar-refractivity contribution is 5.68. The monoisotopic (exact) mass is 526 g/mol. The minimum Gasteiger partial charge on any atom is -0.446 e. The first-order valence-electron chi connectivity index (χ1n) is 12.8. The third-order valence-electron chi connectivity index (χ3n) is 7.45. The van der Waals surface area contributed by atoms with Crippen LogP contribution >= 0.6 is 0 Å². The van der Waals surface area contributed by atoms with Crippen molar-refractivity contribution in [1.82, 2.24) is 19.4 Å². The van der Waals surface area contributed by atoms with Crippen molar-refractivity contribution in [2.45, 2.75) is 63.9 Å². The Bertz CT molecular complexity index is 1300. The van der Waals surface area contributed by atoms with Gasteiger partial charge in [-0.3, -0.25) is 14.3 Å². The number of amides is 1. The molecule has 5 rings (SSSR count). The van der Waals surface area contributed by atoms with Crippen LogP contribution in [0.2, 0.25) is 0 Å². The van der Waals surface area contributed by atoms with Crippen molar-refractivity contribution in [3.63, 3.8) is 0 Å². The standard InChI is InChI=1S/C28H29F3N4O3/c1-18-33-24-17-34(27(37)38-21-12-10-20(11-13-21)28(29,30)31)16-14-22(24)26(36)35(18)25(19-7-3-2-4-8-19)23-9-5-6-15-32-23/h2-9,15,20-21,25H,10-14,16-17H2,1H3/t20-,21-,25?. The summed E-state index contributed by atoms with van der Waals surface area (Å²) in [4.78, 5) is 37.3. The predicted molar refractivity (Wildman–Crippen MR) is 134 cm³/mol. The number of halogens is 3. The molecule has 0 bridgehead atoms. The highest BCUT2D eigenvalue weighted by Gasteiger charge is 2.42. The van der Waals surface area contributed by atoms with E-state index in [1.54, 1.807) is 17.7 Å². The molecular formula is C28H29F3N4O3. The van der Waals surface area contributed by atoms with E-state index < -0.39 is 30.3 Å². The van der Waals surface area contributed by atoms with Crippen molar-refractivity contribution in [3.05, 3.63) is 93.4 Å². The van der Waals surface area contributed by atoms with Crippen molar-refractivity contribution in [2.24, 2.45) is 5.92 Å². The number of carbonyl (C=O) groups is 1. The molecule has 0 saturated heterocycles. The average Bonchev–Trinajstić information content (AvgIpc) is 2.91. The molecule has 0 spiro atoms. The number of aromatic nitrogens is 3. The SMILES string of the molecule is Cc1nc2c(c(=O)n1C(c1ccccc1)c1ccccn1)CCN(C(=O)O[C@H]1CC[C@H](C(F)(F)F)CC1)C2. The molecule has 2 aliphatic rings. The second-order valence-electron chi connectivity index (χ2n) is 9.90. The molecule has 1 amide bonds. The molecule has 1 fully saturated rings. The van der Waals surface area contributed by atoms with Crippen LogP contribution in [0.1, 0.15) is 60.1 Å². The number of aryl methyl sites for hydroxylation is 1. The third kappa shape index (κ3) is 5.30. The molecule has 1 aliphatic heterocycles. The number of ether oxygens (including phenoxy) is 1. The lowest BCUT2D eigenvalue weighted by molar-refractivity contribution is -0.186. The number of alkyl halides is 3. The topological polar surface area (TPSA) is 77.3 Å². The van der Waals surface area contributed by atoms with E-state index in [2.05, 4.69) is 4.98 Å². The third-order valence-corrected chi connectivity index (χ3v) is 7.45. The van der Waals surface area contributed by atoms with Crippen LogP contribution in [0.25, 0.3) is 0 Å². The Balaban J connectivity index is 1.36. The van der Waals surface area contributed by atoms with Gasteiger partial charge in [0.1, 0.15) is 18.0 Å². The van der Waals surface area contributed by atoms with Gasteiger partial charge >= 0.3 is 12.3 Å². The Morgan fingerprint density at radius 1 is 1.05 bits per heavy atom. The first kappa shape index (κ1) is 25.9. The van der Waals surface area contributed by atoms with E-state index in [1.165, 1.54) is 4.90 Å². The van der Waals surface area contributed by atoms with Gasteiger partial charge < -0.3 is 9.64 Å². The zero-order chi connectivity index (χ0) is 26.9. The number of rotatable bonds is 4. The molecule has 1 saturated carbocycles. The summed E-state index contributed by atoms with van der Waals surface area (Å²) in [6.45, 7) is 2.14. The van der Waals surface area contributed by atoms with Crippen LogP contribution in [-0.4, -0.2) is 44.4 Å². The van der Waals surface area contributed by atoms with Crippen LogP contribution in [0, 0.1) is 12.8 Å². The van der Waals surface area contributed by atoms with E-state index in [1.807, 2.05) is 48.5 Å². The molecule has 3 aromatic rings. The summed E-state index contributed by atoms with van der Waals surface area (Å²) in [5.41, 5.74) is 2.50. The highest BCUT2D eigenvalue weighted by atomic mass is 19.4. The van der Waals surface area contributed by atoms with Crippen LogP contribution in [0.4, 0.5) is 18.0 Å². The average molecular weight is 527 g/mol. The maximum absolute atomic E-state index is 13.8. The van der Waals surface area contributed by atoms with Crippen LogP contribution < -0.4 is 5.56 Å². The van der Waals surface area contributed by atoms with Crippen molar-refractivity contribution in [1.29, 1.82) is 0 Å². The maximum Gasteiger partial charge on any atom is 0.410 e. The number of fused-ring (bicyclic) bond motifs is 1. The molecule has 1 atom stereocenters. The van der Waals surface area contributed by atoms with E-state index in [0.717, 1.165) is 5.56 Å². The zero-order valence-electron chi connectivity index (χ0n) is 21.0. The van der Waals surface area contributed by atoms with Gasteiger partial charge in [-0.05, 0) is 56.7 Å². The number of hydrogen-bond donors (Lipinski definition) is 0. The first-order chi connectivity index (χ1) is 18.2.